The van der Waals surface area contributed by atoms with Crippen molar-refractivity contribution in [3.8, 4) is 5.75 Å². The van der Waals surface area contributed by atoms with Crippen LogP contribution < -0.4 is 4.74 Å². The Kier molecular flexibility index (Phi) is 8.05. The first-order valence-electron chi connectivity index (χ1n) is 11.2. The Morgan fingerprint density at radius 3 is 2.73 bits per heavy atom. The lowest BCUT2D eigenvalue weighted by Gasteiger charge is -2.49. The molecule has 1 aromatic rings. The molecule has 0 spiro atoms. The molecular weight excluding hydrogens is 404 g/mol. The average Bonchev–Trinajstić information content (AvgIpc) is 2.69. The molecule has 168 valence electrons. The Morgan fingerprint density at radius 1 is 1.30 bits per heavy atom. The number of ether oxygens (including phenoxy) is 2. The van der Waals surface area contributed by atoms with Gasteiger partial charge in [-0.15, -0.1) is 0 Å². The lowest BCUT2D eigenvalue weighted by molar-refractivity contribution is -0.199. The van der Waals surface area contributed by atoms with Gasteiger partial charge in [-0.3, -0.25) is 4.79 Å². The first-order chi connectivity index (χ1) is 14.3. The lowest BCUT2D eigenvalue weighted by Crippen LogP contribution is -2.49. The molecule has 7 atom stereocenters. The summed E-state index contributed by atoms with van der Waals surface area (Å²) >= 11 is 6.41. The fraction of sp³-hybridized carbons (Fsp3) is 0.708. The Morgan fingerprint density at radius 2 is 2.07 bits per heavy atom. The molecule has 2 fully saturated rings. The highest BCUT2D eigenvalue weighted by Crippen LogP contribution is 2.48. The van der Waals surface area contributed by atoms with Crippen molar-refractivity contribution in [2.45, 2.75) is 71.7 Å². The first kappa shape index (κ1) is 23.4. The molecule has 0 aromatic heterocycles. The molecule has 1 aliphatic carbocycles. The van der Waals surface area contributed by atoms with Crippen molar-refractivity contribution in [1.82, 2.24) is 0 Å². The molecule has 2 aliphatic rings. The third kappa shape index (κ3) is 5.68. The van der Waals surface area contributed by atoms with Crippen molar-refractivity contribution >= 4 is 17.6 Å². The van der Waals surface area contributed by atoms with E-state index in [1.807, 2.05) is 19.1 Å². The van der Waals surface area contributed by atoms with Gasteiger partial charge >= 0.3 is 5.97 Å². The second-order valence-electron chi connectivity index (χ2n) is 9.31. The van der Waals surface area contributed by atoms with E-state index in [0.29, 0.717) is 47.5 Å². The monoisotopic (exact) mass is 438 g/mol. The number of benzene rings is 1. The van der Waals surface area contributed by atoms with Crippen LogP contribution in [-0.4, -0.2) is 35.2 Å². The molecule has 6 unspecified atom stereocenters. The van der Waals surface area contributed by atoms with Crippen molar-refractivity contribution < 1.29 is 24.5 Å². The third-order valence-electron chi connectivity index (χ3n) is 7.13. The SMILES string of the molecule is CC(O)CCC1C2COC(Oc3ccc(CCC(=O)O)cc3Cl)C(C)C2CC[C@H]1C. The summed E-state index contributed by atoms with van der Waals surface area (Å²) in [6.07, 6.45) is 4.22. The van der Waals surface area contributed by atoms with Crippen LogP contribution in [0.25, 0.3) is 0 Å². The topological polar surface area (TPSA) is 76.0 Å². The maximum Gasteiger partial charge on any atom is 0.303 e. The summed E-state index contributed by atoms with van der Waals surface area (Å²) in [7, 11) is 0. The summed E-state index contributed by atoms with van der Waals surface area (Å²) in [5.74, 6) is 2.32. The number of carboxylic acid groups (broad SMARTS) is 1. The van der Waals surface area contributed by atoms with Gasteiger partial charge in [-0.2, -0.15) is 0 Å². The van der Waals surface area contributed by atoms with Gasteiger partial charge in [0.15, 0.2) is 0 Å². The number of carbonyl (C=O) groups is 1. The number of hydrogen-bond donors (Lipinski definition) is 2. The van der Waals surface area contributed by atoms with Crippen LogP contribution in [0.2, 0.25) is 5.02 Å². The van der Waals surface area contributed by atoms with Crippen LogP contribution in [0.5, 0.6) is 5.75 Å². The Balaban J connectivity index is 1.64. The molecule has 6 heteroatoms. The molecule has 1 heterocycles. The standard InChI is InChI=1S/C24H35ClO5/c1-14-4-8-19-16(3)24(29-13-20(19)18(14)9-5-15(2)26)30-22-10-6-17(12-21(22)25)7-11-23(27)28/h6,10,12,14-16,18-20,24,26H,4-5,7-9,11,13H2,1-3H3,(H,27,28)/t14-,15?,16?,18?,19?,20?,24?/m1/s1. The van der Waals surface area contributed by atoms with Gasteiger partial charge in [-0.25, -0.2) is 0 Å². The van der Waals surface area contributed by atoms with E-state index in [4.69, 9.17) is 26.2 Å². The summed E-state index contributed by atoms with van der Waals surface area (Å²) < 4.78 is 12.4. The first-order valence-corrected chi connectivity index (χ1v) is 11.6. The molecule has 1 aromatic carbocycles. The molecule has 0 bridgehead atoms. The van der Waals surface area contributed by atoms with Gasteiger partial charge in [0, 0.05) is 12.3 Å². The molecule has 5 nitrogen and oxygen atoms in total. The number of fused-ring (bicyclic) bond motifs is 1. The number of carboxylic acids is 1. The quantitative estimate of drug-likeness (QED) is 0.585. The summed E-state index contributed by atoms with van der Waals surface area (Å²) in [5, 5.41) is 19.1. The summed E-state index contributed by atoms with van der Waals surface area (Å²) in [4.78, 5) is 10.8. The van der Waals surface area contributed by atoms with E-state index in [1.54, 1.807) is 6.07 Å². The summed E-state index contributed by atoms with van der Waals surface area (Å²) in [6, 6.07) is 5.47. The van der Waals surface area contributed by atoms with Crippen LogP contribution in [0.3, 0.4) is 0 Å². The number of aliphatic carboxylic acids is 1. The van der Waals surface area contributed by atoms with Gasteiger partial charge in [0.2, 0.25) is 6.29 Å². The van der Waals surface area contributed by atoms with Crippen molar-refractivity contribution in [3.63, 3.8) is 0 Å². The molecule has 30 heavy (non-hydrogen) atoms. The van der Waals surface area contributed by atoms with E-state index in [9.17, 15) is 9.90 Å². The minimum Gasteiger partial charge on any atom is -0.481 e. The number of aliphatic hydroxyl groups excluding tert-OH is 1. The van der Waals surface area contributed by atoms with Crippen molar-refractivity contribution in [2.24, 2.45) is 29.6 Å². The van der Waals surface area contributed by atoms with Crippen LogP contribution in [0.4, 0.5) is 0 Å². The second-order valence-corrected chi connectivity index (χ2v) is 9.72. The Hall–Kier alpha value is -1.30. The van der Waals surface area contributed by atoms with Crippen LogP contribution in [0.1, 0.15) is 58.4 Å². The maximum atomic E-state index is 10.8. The van der Waals surface area contributed by atoms with E-state index < -0.39 is 5.97 Å². The van der Waals surface area contributed by atoms with Gasteiger partial charge in [-0.1, -0.05) is 37.9 Å². The van der Waals surface area contributed by atoms with Gasteiger partial charge in [-0.05, 0) is 74.0 Å². The zero-order valence-electron chi connectivity index (χ0n) is 18.2. The average molecular weight is 439 g/mol. The van der Waals surface area contributed by atoms with Crippen molar-refractivity contribution in [1.29, 1.82) is 0 Å². The van der Waals surface area contributed by atoms with Crippen molar-refractivity contribution in [3.05, 3.63) is 28.8 Å². The molecule has 2 N–H and O–H groups in total. The molecule has 1 saturated carbocycles. The number of aliphatic hydroxyl groups is 1. The summed E-state index contributed by atoms with van der Waals surface area (Å²) in [5.41, 5.74) is 0.884. The zero-order chi connectivity index (χ0) is 21.8. The largest absolute Gasteiger partial charge is 0.481 e. The molecule has 1 saturated heterocycles. The van der Waals surface area contributed by atoms with Crippen LogP contribution in [0, 0.1) is 29.6 Å². The number of rotatable bonds is 8. The highest BCUT2D eigenvalue weighted by molar-refractivity contribution is 6.32. The predicted molar refractivity (Wildman–Crippen MR) is 117 cm³/mol. The van der Waals surface area contributed by atoms with Crippen LogP contribution in [-0.2, 0) is 16.0 Å². The van der Waals surface area contributed by atoms with E-state index in [2.05, 4.69) is 13.8 Å². The van der Waals surface area contributed by atoms with E-state index in [1.165, 1.54) is 12.8 Å². The smallest absolute Gasteiger partial charge is 0.303 e. The summed E-state index contributed by atoms with van der Waals surface area (Å²) in [6.45, 7) is 7.09. The Bertz CT molecular complexity index is 722. The molecule has 1 aliphatic heterocycles. The van der Waals surface area contributed by atoms with Gasteiger partial charge in [0.05, 0.1) is 17.7 Å². The van der Waals surface area contributed by atoms with E-state index in [0.717, 1.165) is 18.4 Å². The molecule has 3 rings (SSSR count). The maximum absolute atomic E-state index is 10.8. The minimum absolute atomic E-state index is 0.0804. The van der Waals surface area contributed by atoms with E-state index in [-0.39, 0.29) is 24.7 Å². The van der Waals surface area contributed by atoms with Gasteiger partial charge in [0.25, 0.3) is 0 Å². The highest BCUT2D eigenvalue weighted by Gasteiger charge is 2.46. The second kappa shape index (κ2) is 10.3. The number of halogens is 1. The zero-order valence-corrected chi connectivity index (χ0v) is 19.0. The van der Waals surface area contributed by atoms with E-state index >= 15 is 0 Å². The normalized spacial score (nSPS) is 32.3. The number of hydrogen-bond acceptors (Lipinski definition) is 4. The van der Waals surface area contributed by atoms with Crippen molar-refractivity contribution in [2.75, 3.05) is 6.61 Å². The lowest BCUT2D eigenvalue weighted by atomic mass is 9.61. The fourth-order valence-electron chi connectivity index (χ4n) is 5.33. The predicted octanol–water partition coefficient (Wildman–Crippen LogP) is 5.17. The van der Waals surface area contributed by atoms with Crippen LogP contribution in [0.15, 0.2) is 18.2 Å². The fourth-order valence-corrected chi connectivity index (χ4v) is 5.58. The third-order valence-corrected chi connectivity index (χ3v) is 7.42. The molecule has 0 amide bonds. The molecule has 0 radical (unpaired) electrons. The highest BCUT2D eigenvalue weighted by atomic mass is 35.5. The molecular formula is C24H35ClO5. The van der Waals surface area contributed by atoms with Gasteiger partial charge in [0.1, 0.15) is 5.75 Å². The van der Waals surface area contributed by atoms with Crippen LogP contribution >= 0.6 is 11.6 Å². The minimum atomic E-state index is -0.820. The Labute approximate surface area is 184 Å². The van der Waals surface area contributed by atoms with Gasteiger partial charge < -0.3 is 19.7 Å². The number of aryl methyl sites for hydroxylation is 1.